The zero-order valence-corrected chi connectivity index (χ0v) is 12.0. The van der Waals surface area contributed by atoms with Crippen molar-refractivity contribution in [2.45, 2.75) is 39.7 Å². The van der Waals surface area contributed by atoms with Gasteiger partial charge in [0.25, 0.3) is 0 Å². The van der Waals surface area contributed by atoms with E-state index in [4.69, 9.17) is 0 Å². The summed E-state index contributed by atoms with van der Waals surface area (Å²) in [6.45, 7) is 7.91. The summed E-state index contributed by atoms with van der Waals surface area (Å²) in [6.07, 6.45) is 7.72. The third-order valence-corrected chi connectivity index (χ3v) is 3.17. The van der Waals surface area contributed by atoms with E-state index in [1.54, 1.807) is 0 Å². The number of nitrogens with one attached hydrogen (secondary N) is 2. The molecule has 0 aliphatic heterocycles. The third kappa shape index (κ3) is 5.32. The Kier molecular flexibility index (Phi) is 5.24. The second-order valence-electron chi connectivity index (χ2n) is 5.22. The largest absolute Gasteiger partial charge is 0.357 e. The van der Waals surface area contributed by atoms with Gasteiger partial charge in [-0.15, -0.1) is 0 Å². The van der Waals surface area contributed by atoms with Gasteiger partial charge >= 0.3 is 0 Å². The molecule has 0 unspecified atom stereocenters. The van der Waals surface area contributed by atoms with E-state index in [1.807, 2.05) is 10.9 Å². The molecule has 1 aromatic rings. The molecule has 0 radical (unpaired) electrons. The minimum absolute atomic E-state index is 0.836. The molecule has 0 amide bonds. The van der Waals surface area contributed by atoms with Crippen LogP contribution in [0.4, 0.5) is 0 Å². The van der Waals surface area contributed by atoms with Crippen LogP contribution < -0.4 is 10.6 Å². The van der Waals surface area contributed by atoms with Crippen molar-refractivity contribution < 1.29 is 0 Å². The highest BCUT2D eigenvalue weighted by Gasteiger charge is 2.20. The minimum Gasteiger partial charge on any atom is -0.357 e. The van der Waals surface area contributed by atoms with Crippen molar-refractivity contribution in [2.75, 3.05) is 19.6 Å². The predicted octanol–water partition coefficient (Wildman–Crippen LogP) is 1.55. The summed E-state index contributed by atoms with van der Waals surface area (Å²) in [4.78, 5) is 4.60. The number of rotatable bonds is 7. The number of guanidine groups is 1. The smallest absolute Gasteiger partial charge is 0.191 e. The van der Waals surface area contributed by atoms with Crippen LogP contribution >= 0.6 is 0 Å². The zero-order valence-electron chi connectivity index (χ0n) is 12.0. The Morgan fingerprint density at radius 3 is 2.95 bits per heavy atom. The van der Waals surface area contributed by atoms with Gasteiger partial charge in [0.2, 0.25) is 0 Å². The van der Waals surface area contributed by atoms with E-state index in [9.17, 15) is 0 Å². The predicted molar refractivity (Wildman–Crippen MR) is 78.3 cm³/mol. The van der Waals surface area contributed by atoms with Crippen molar-refractivity contribution >= 4 is 5.96 Å². The standard InChI is InChI=1S/C14H25N5/c1-3-15-14(17-10-13-5-6-13)16-7-4-8-19-11-12(2)9-18-19/h9,11,13H,3-8,10H2,1-2H3,(H2,15,16,17). The average molecular weight is 263 g/mol. The van der Waals surface area contributed by atoms with Gasteiger partial charge in [-0.2, -0.15) is 5.10 Å². The molecule has 0 aromatic carbocycles. The molecule has 1 aliphatic rings. The highest BCUT2D eigenvalue weighted by Crippen LogP contribution is 2.28. The van der Waals surface area contributed by atoms with Crippen molar-refractivity contribution in [3.8, 4) is 0 Å². The molecular formula is C14H25N5. The summed E-state index contributed by atoms with van der Waals surface area (Å²) in [5.41, 5.74) is 1.22. The first-order chi connectivity index (χ1) is 9.28. The molecule has 0 atom stereocenters. The lowest BCUT2D eigenvalue weighted by Gasteiger charge is -2.11. The highest BCUT2D eigenvalue weighted by atomic mass is 15.3. The molecule has 0 spiro atoms. The fourth-order valence-electron chi connectivity index (χ4n) is 1.90. The van der Waals surface area contributed by atoms with Crippen LogP contribution in [-0.4, -0.2) is 35.4 Å². The number of nitrogens with zero attached hydrogens (tertiary/aromatic N) is 3. The number of aromatic nitrogens is 2. The molecule has 1 aliphatic carbocycles. The van der Waals surface area contributed by atoms with Crippen molar-refractivity contribution in [3.63, 3.8) is 0 Å². The molecular weight excluding hydrogens is 238 g/mol. The Morgan fingerprint density at radius 1 is 1.47 bits per heavy atom. The average Bonchev–Trinajstić information content (AvgIpc) is 3.14. The van der Waals surface area contributed by atoms with E-state index in [0.29, 0.717) is 0 Å². The van der Waals surface area contributed by atoms with E-state index in [2.05, 4.69) is 40.8 Å². The van der Waals surface area contributed by atoms with Crippen LogP contribution in [0.5, 0.6) is 0 Å². The quantitative estimate of drug-likeness (QED) is 0.446. The summed E-state index contributed by atoms with van der Waals surface area (Å²) in [5.74, 6) is 1.79. The van der Waals surface area contributed by atoms with Crippen molar-refractivity contribution in [2.24, 2.45) is 10.9 Å². The lowest BCUT2D eigenvalue weighted by molar-refractivity contribution is 0.570. The van der Waals surface area contributed by atoms with E-state index in [0.717, 1.165) is 44.5 Å². The number of hydrogen-bond acceptors (Lipinski definition) is 2. The maximum Gasteiger partial charge on any atom is 0.191 e. The summed E-state index contributed by atoms with van der Waals surface area (Å²) in [6, 6.07) is 0. The van der Waals surface area contributed by atoms with E-state index < -0.39 is 0 Å². The Morgan fingerprint density at radius 2 is 2.32 bits per heavy atom. The number of aliphatic imine (C=N–C) groups is 1. The summed E-state index contributed by atoms with van der Waals surface area (Å²) < 4.78 is 1.99. The van der Waals surface area contributed by atoms with Crippen LogP contribution in [-0.2, 0) is 6.54 Å². The van der Waals surface area contributed by atoms with Gasteiger partial charge in [-0.25, -0.2) is 0 Å². The Balaban J connectivity index is 1.64. The molecule has 1 aromatic heterocycles. The molecule has 0 saturated heterocycles. The highest BCUT2D eigenvalue weighted by molar-refractivity contribution is 5.79. The first-order valence-electron chi connectivity index (χ1n) is 7.29. The SMILES string of the molecule is CCNC(=NCC1CC1)NCCCn1cc(C)cn1. The molecule has 2 N–H and O–H groups in total. The lowest BCUT2D eigenvalue weighted by atomic mass is 10.4. The van der Waals surface area contributed by atoms with Crippen molar-refractivity contribution in [1.82, 2.24) is 20.4 Å². The van der Waals surface area contributed by atoms with Crippen LogP contribution in [0.2, 0.25) is 0 Å². The molecule has 5 nitrogen and oxygen atoms in total. The fraction of sp³-hybridized carbons (Fsp3) is 0.714. The second-order valence-corrected chi connectivity index (χ2v) is 5.22. The van der Waals surface area contributed by atoms with Crippen LogP contribution in [0.1, 0.15) is 31.7 Å². The summed E-state index contributed by atoms with van der Waals surface area (Å²) >= 11 is 0. The van der Waals surface area contributed by atoms with Crippen LogP contribution in [0.15, 0.2) is 17.4 Å². The van der Waals surface area contributed by atoms with E-state index in [1.165, 1.54) is 18.4 Å². The molecule has 19 heavy (non-hydrogen) atoms. The van der Waals surface area contributed by atoms with Crippen molar-refractivity contribution in [1.29, 1.82) is 0 Å². The molecule has 1 heterocycles. The van der Waals surface area contributed by atoms with Gasteiger partial charge in [0, 0.05) is 32.4 Å². The maximum atomic E-state index is 4.60. The molecule has 1 saturated carbocycles. The molecule has 1 fully saturated rings. The molecule has 2 rings (SSSR count). The maximum absolute atomic E-state index is 4.60. The Hall–Kier alpha value is -1.52. The zero-order chi connectivity index (χ0) is 13.5. The third-order valence-electron chi connectivity index (χ3n) is 3.17. The second kappa shape index (κ2) is 7.16. The number of hydrogen-bond donors (Lipinski definition) is 2. The Labute approximate surface area is 115 Å². The summed E-state index contributed by atoms with van der Waals surface area (Å²) in [7, 11) is 0. The van der Waals surface area contributed by atoms with Crippen LogP contribution in [0, 0.1) is 12.8 Å². The van der Waals surface area contributed by atoms with Crippen molar-refractivity contribution in [3.05, 3.63) is 18.0 Å². The monoisotopic (exact) mass is 263 g/mol. The Bertz CT molecular complexity index is 406. The van der Waals surface area contributed by atoms with Crippen LogP contribution in [0.3, 0.4) is 0 Å². The van der Waals surface area contributed by atoms with Gasteiger partial charge in [-0.3, -0.25) is 9.67 Å². The van der Waals surface area contributed by atoms with Gasteiger partial charge in [0.1, 0.15) is 0 Å². The van der Waals surface area contributed by atoms with E-state index >= 15 is 0 Å². The lowest BCUT2D eigenvalue weighted by Crippen LogP contribution is -2.38. The fourth-order valence-corrected chi connectivity index (χ4v) is 1.90. The van der Waals surface area contributed by atoms with Gasteiger partial charge in [0.15, 0.2) is 5.96 Å². The minimum atomic E-state index is 0.836. The van der Waals surface area contributed by atoms with Gasteiger partial charge in [-0.1, -0.05) is 0 Å². The van der Waals surface area contributed by atoms with E-state index in [-0.39, 0.29) is 0 Å². The molecule has 5 heteroatoms. The van der Waals surface area contributed by atoms with Gasteiger partial charge in [-0.05, 0) is 44.6 Å². The normalized spacial score (nSPS) is 15.6. The first kappa shape index (κ1) is 13.9. The molecule has 0 bridgehead atoms. The van der Waals surface area contributed by atoms with Crippen LogP contribution in [0.25, 0.3) is 0 Å². The van der Waals surface area contributed by atoms with Gasteiger partial charge in [0.05, 0.1) is 6.20 Å². The number of aryl methyl sites for hydroxylation is 2. The topological polar surface area (TPSA) is 54.2 Å². The molecule has 106 valence electrons. The first-order valence-corrected chi connectivity index (χ1v) is 7.29. The summed E-state index contributed by atoms with van der Waals surface area (Å²) in [5, 5.41) is 10.9. The van der Waals surface area contributed by atoms with Gasteiger partial charge < -0.3 is 10.6 Å².